The molecule has 0 radical (unpaired) electrons. The highest BCUT2D eigenvalue weighted by atomic mass is 35.5. The van der Waals surface area contributed by atoms with E-state index in [1.54, 1.807) is 17.2 Å². The largest absolute Gasteiger partial charge is 0.360 e. The van der Waals surface area contributed by atoms with Crippen LogP contribution in [-0.4, -0.2) is 43.0 Å². The van der Waals surface area contributed by atoms with Gasteiger partial charge in [0.1, 0.15) is 0 Å². The second kappa shape index (κ2) is 7.39. The molecule has 31 heavy (non-hydrogen) atoms. The summed E-state index contributed by atoms with van der Waals surface area (Å²) in [5, 5.41) is 1.29. The number of aryl methyl sites for hydroxylation is 1. The maximum absolute atomic E-state index is 13.1. The minimum atomic E-state index is -0.617. The van der Waals surface area contributed by atoms with Crippen LogP contribution in [0.25, 0.3) is 22.1 Å². The molecule has 1 aliphatic heterocycles. The molecule has 9 heteroatoms. The van der Waals surface area contributed by atoms with Crippen LogP contribution in [0.5, 0.6) is 0 Å². The number of benzene rings is 1. The van der Waals surface area contributed by atoms with Gasteiger partial charge in [-0.05, 0) is 25.0 Å². The van der Waals surface area contributed by atoms with Crippen LogP contribution in [-0.2, 0) is 7.05 Å². The van der Waals surface area contributed by atoms with E-state index in [1.807, 2.05) is 24.3 Å². The van der Waals surface area contributed by atoms with Gasteiger partial charge in [0.25, 0.3) is 5.91 Å². The SMILES string of the molecule is Cn1c(=O)c(=O)n(C2CCN(C(=O)c3c[nH]c4ccccc34)CC2)c2ncc(Cl)cc21. The summed E-state index contributed by atoms with van der Waals surface area (Å²) in [6, 6.07) is 9.11. The summed E-state index contributed by atoms with van der Waals surface area (Å²) in [6.45, 7) is 0.972. The Morgan fingerprint density at radius 1 is 1.16 bits per heavy atom. The number of carbonyl (C=O) groups excluding carboxylic acids is 1. The lowest BCUT2D eigenvalue weighted by atomic mass is 10.0. The summed E-state index contributed by atoms with van der Waals surface area (Å²) in [7, 11) is 1.54. The predicted octanol–water partition coefficient (Wildman–Crippen LogP) is 2.71. The van der Waals surface area contributed by atoms with Crippen molar-refractivity contribution in [3.63, 3.8) is 0 Å². The fraction of sp³-hybridized carbons (Fsp3) is 0.273. The van der Waals surface area contributed by atoms with Gasteiger partial charge in [0.05, 0.1) is 16.1 Å². The summed E-state index contributed by atoms with van der Waals surface area (Å²) in [5.41, 5.74) is 1.28. The molecule has 1 N–H and O–H groups in total. The van der Waals surface area contributed by atoms with E-state index in [0.717, 1.165) is 10.9 Å². The van der Waals surface area contributed by atoms with Crippen LogP contribution < -0.4 is 11.1 Å². The van der Waals surface area contributed by atoms with Gasteiger partial charge in [-0.25, -0.2) is 4.98 Å². The summed E-state index contributed by atoms with van der Waals surface area (Å²) in [5.74, 6) is -0.0398. The third kappa shape index (κ3) is 3.14. The van der Waals surface area contributed by atoms with Gasteiger partial charge in [-0.2, -0.15) is 0 Å². The van der Waals surface area contributed by atoms with Crippen molar-refractivity contribution in [2.24, 2.45) is 7.05 Å². The molecule has 3 aromatic heterocycles. The number of nitrogens with zero attached hydrogens (tertiary/aromatic N) is 4. The van der Waals surface area contributed by atoms with Gasteiger partial charge >= 0.3 is 11.1 Å². The van der Waals surface area contributed by atoms with Crippen LogP contribution in [0.15, 0.2) is 52.3 Å². The van der Waals surface area contributed by atoms with Crippen LogP contribution in [0.4, 0.5) is 0 Å². The molecule has 1 fully saturated rings. The Hall–Kier alpha value is -3.39. The number of amides is 1. The molecule has 0 aliphatic carbocycles. The molecule has 1 saturated heterocycles. The molecule has 1 aliphatic rings. The molecule has 0 unspecified atom stereocenters. The van der Waals surface area contributed by atoms with Gasteiger partial charge in [-0.1, -0.05) is 29.8 Å². The molecule has 4 heterocycles. The fourth-order valence-corrected chi connectivity index (χ4v) is 4.54. The van der Waals surface area contributed by atoms with E-state index in [1.165, 1.54) is 22.4 Å². The van der Waals surface area contributed by atoms with Crippen LogP contribution >= 0.6 is 11.6 Å². The zero-order valence-corrected chi connectivity index (χ0v) is 17.6. The van der Waals surface area contributed by atoms with Crippen molar-refractivity contribution < 1.29 is 4.79 Å². The molecular formula is C22H20ClN5O3. The van der Waals surface area contributed by atoms with Gasteiger partial charge in [-0.15, -0.1) is 0 Å². The Morgan fingerprint density at radius 3 is 2.68 bits per heavy atom. The summed E-state index contributed by atoms with van der Waals surface area (Å²) < 4.78 is 2.75. The van der Waals surface area contributed by atoms with E-state index in [4.69, 9.17) is 11.6 Å². The third-order valence-corrected chi connectivity index (χ3v) is 6.25. The number of hydrogen-bond donors (Lipinski definition) is 1. The van der Waals surface area contributed by atoms with E-state index >= 15 is 0 Å². The number of nitrogens with one attached hydrogen (secondary N) is 1. The first kappa shape index (κ1) is 19.6. The quantitative estimate of drug-likeness (QED) is 0.488. The maximum atomic E-state index is 13.1. The number of aromatic nitrogens is 4. The second-order valence-electron chi connectivity index (χ2n) is 7.81. The Labute approximate surface area is 181 Å². The molecule has 1 amide bonds. The molecule has 0 bridgehead atoms. The molecular weight excluding hydrogens is 418 g/mol. The van der Waals surface area contributed by atoms with Crippen LogP contribution in [0.3, 0.4) is 0 Å². The zero-order valence-electron chi connectivity index (χ0n) is 16.8. The number of fused-ring (bicyclic) bond motifs is 2. The number of pyridine rings is 1. The number of piperidine rings is 1. The summed E-state index contributed by atoms with van der Waals surface area (Å²) in [4.78, 5) is 47.7. The maximum Gasteiger partial charge on any atom is 0.318 e. The second-order valence-corrected chi connectivity index (χ2v) is 8.24. The van der Waals surface area contributed by atoms with Crippen molar-refractivity contribution >= 4 is 39.6 Å². The molecule has 0 saturated carbocycles. The number of aromatic amines is 1. The first-order chi connectivity index (χ1) is 15.0. The first-order valence-electron chi connectivity index (χ1n) is 10.1. The van der Waals surface area contributed by atoms with Crippen molar-refractivity contribution in [1.82, 2.24) is 24.0 Å². The average Bonchev–Trinajstić information content (AvgIpc) is 3.22. The van der Waals surface area contributed by atoms with Crippen molar-refractivity contribution in [3.8, 4) is 0 Å². The van der Waals surface area contributed by atoms with Gasteiger partial charge in [0.2, 0.25) is 0 Å². The predicted molar refractivity (Wildman–Crippen MR) is 119 cm³/mol. The van der Waals surface area contributed by atoms with Crippen molar-refractivity contribution in [2.75, 3.05) is 13.1 Å². The Kier molecular flexibility index (Phi) is 4.66. The number of halogens is 1. The lowest BCUT2D eigenvalue weighted by molar-refractivity contribution is 0.0696. The molecule has 8 nitrogen and oxygen atoms in total. The zero-order chi connectivity index (χ0) is 21.7. The van der Waals surface area contributed by atoms with Gasteiger partial charge in [-0.3, -0.25) is 19.0 Å². The number of hydrogen-bond acceptors (Lipinski definition) is 4. The van der Waals surface area contributed by atoms with E-state index in [9.17, 15) is 14.4 Å². The van der Waals surface area contributed by atoms with Crippen LogP contribution in [0, 0.1) is 0 Å². The Bertz CT molecular complexity index is 1440. The monoisotopic (exact) mass is 437 g/mol. The number of likely N-dealkylation sites (tertiary alicyclic amines) is 1. The highest BCUT2D eigenvalue weighted by molar-refractivity contribution is 6.31. The fourth-order valence-electron chi connectivity index (χ4n) is 4.39. The van der Waals surface area contributed by atoms with Gasteiger partial charge in [0.15, 0.2) is 5.65 Å². The molecule has 4 aromatic rings. The van der Waals surface area contributed by atoms with E-state index < -0.39 is 11.1 Å². The lowest BCUT2D eigenvalue weighted by Crippen LogP contribution is -2.46. The molecule has 158 valence electrons. The molecule has 0 atom stereocenters. The minimum Gasteiger partial charge on any atom is -0.360 e. The number of carbonyl (C=O) groups is 1. The number of H-pyrrole nitrogens is 1. The van der Waals surface area contributed by atoms with Gasteiger partial charge in [0, 0.05) is 49.5 Å². The van der Waals surface area contributed by atoms with Crippen molar-refractivity contribution in [3.05, 3.63) is 74.0 Å². The normalized spacial score (nSPS) is 15.1. The number of rotatable bonds is 2. The van der Waals surface area contributed by atoms with Gasteiger partial charge < -0.3 is 14.5 Å². The molecule has 1 aromatic carbocycles. The Morgan fingerprint density at radius 2 is 1.90 bits per heavy atom. The smallest absolute Gasteiger partial charge is 0.318 e. The standard InChI is InChI=1S/C22H20ClN5O3/c1-26-18-10-13(23)11-25-19(18)28(22(31)21(26)30)14-6-8-27(9-7-14)20(29)16-12-24-17-5-3-2-4-15(16)17/h2-5,10-12,14,24H,6-9H2,1H3. The van der Waals surface area contributed by atoms with E-state index in [2.05, 4.69) is 9.97 Å². The topological polar surface area (TPSA) is 93.0 Å². The minimum absolute atomic E-state index is 0.0398. The third-order valence-electron chi connectivity index (χ3n) is 6.05. The Balaban J connectivity index is 1.45. The van der Waals surface area contributed by atoms with E-state index in [0.29, 0.717) is 47.7 Å². The highest BCUT2D eigenvalue weighted by Gasteiger charge is 2.28. The van der Waals surface area contributed by atoms with E-state index in [-0.39, 0.29) is 11.9 Å². The van der Waals surface area contributed by atoms with Crippen molar-refractivity contribution in [1.29, 1.82) is 0 Å². The average molecular weight is 438 g/mol. The molecule has 5 rings (SSSR count). The first-order valence-corrected chi connectivity index (χ1v) is 10.5. The highest BCUT2D eigenvalue weighted by Crippen LogP contribution is 2.27. The van der Waals surface area contributed by atoms with Crippen LogP contribution in [0.2, 0.25) is 5.02 Å². The molecule has 0 spiro atoms. The lowest BCUT2D eigenvalue weighted by Gasteiger charge is -2.33. The van der Waals surface area contributed by atoms with Crippen molar-refractivity contribution in [2.45, 2.75) is 18.9 Å². The summed E-state index contributed by atoms with van der Waals surface area (Å²) in [6.07, 6.45) is 4.33. The number of para-hydroxylation sites is 1. The summed E-state index contributed by atoms with van der Waals surface area (Å²) >= 11 is 6.05. The van der Waals surface area contributed by atoms with Crippen LogP contribution in [0.1, 0.15) is 29.2 Å².